The first kappa shape index (κ1) is 16.4. The minimum absolute atomic E-state index is 0.00343. The van der Waals surface area contributed by atoms with Gasteiger partial charge in [-0.2, -0.15) is 0 Å². The minimum atomic E-state index is -3.79. The van der Waals surface area contributed by atoms with Crippen LogP contribution in [0.25, 0.3) is 0 Å². The number of ether oxygens (including phenoxy) is 1. The molecule has 0 aliphatic carbocycles. The van der Waals surface area contributed by atoms with Crippen LogP contribution in [-0.2, 0) is 13.8 Å². The summed E-state index contributed by atoms with van der Waals surface area (Å²) in [6.45, 7) is 2.81. The molecule has 0 bridgehead atoms. The van der Waals surface area contributed by atoms with Crippen LogP contribution in [0.3, 0.4) is 0 Å². The molecule has 0 saturated carbocycles. The Morgan fingerprint density at radius 1 is 1.47 bits per heavy atom. The highest BCUT2D eigenvalue weighted by Crippen LogP contribution is 2.28. The molecular formula is C11H16ClNO4S2. The van der Waals surface area contributed by atoms with Crippen molar-refractivity contribution in [2.75, 3.05) is 20.3 Å². The molecule has 19 heavy (non-hydrogen) atoms. The summed E-state index contributed by atoms with van der Waals surface area (Å²) in [5.41, 5.74) is 0. The van der Waals surface area contributed by atoms with E-state index in [2.05, 4.69) is 5.32 Å². The van der Waals surface area contributed by atoms with Crippen LogP contribution in [0, 0.1) is 6.92 Å². The van der Waals surface area contributed by atoms with Gasteiger partial charge in [-0.05, 0) is 25.8 Å². The number of hydrogen-bond acceptors (Lipinski definition) is 5. The minimum Gasteiger partial charge on any atom is -0.385 e. The van der Waals surface area contributed by atoms with Crippen LogP contribution in [-0.4, -0.2) is 34.6 Å². The topological polar surface area (TPSA) is 72.5 Å². The average Bonchev–Trinajstić information content (AvgIpc) is 2.70. The molecule has 0 unspecified atom stereocenters. The van der Waals surface area contributed by atoms with E-state index in [4.69, 9.17) is 15.4 Å². The molecule has 0 aliphatic heterocycles. The molecule has 0 spiro atoms. The summed E-state index contributed by atoms with van der Waals surface area (Å²) in [5, 5.41) is 2.73. The maximum Gasteiger partial charge on any atom is 0.262 e. The van der Waals surface area contributed by atoms with Gasteiger partial charge in [0.2, 0.25) is 0 Å². The van der Waals surface area contributed by atoms with Gasteiger partial charge in [-0.1, -0.05) is 0 Å². The van der Waals surface area contributed by atoms with Crippen molar-refractivity contribution in [1.29, 1.82) is 0 Å². The van der Waals surface area contributed by atoms with Crippen molar-refractivity contribution in [3.05, 3.63) is 15.8 Å². The second kappa shape index (κ2) is 7.23. The van der Waals surface area contributed by atoms with Gasteiger partial charge in [0.1, 0.15) is 0 Å². The molecule has 0 aliphatic rings. The van der Waals surface area contributed by atoms with Crippen molar-refractivity contribution in [2.24, 2.45) is 0 Å². The van der Waals surface area contributed by atoms with Gasteiger partial charge >= 0.3 is 0 Å². The van der Waals surface area contributed by atoms with Gasteiger partial charge < -0.3 is 10.1 Å². The van der Waals surface area contributed by atoms with Crippen molar-refractivity contribution in [2.45, 2.75) is 24.7 Å². The quantitative estimate of drug-likeness (QED) is 0.616. The fourth-order valence-electron chi connectivity index (χ4n) is 1.48. The summed E-state index contributed by atoms with van der Waals surface area (Å²) >= 11 is 1.12. The van der Waals surface area contributed by atoms with Crippen LogP contribution >= 0.6 is 22.0 Å². The van der Waals surface area contributed by atoms with Crippen molar-refractivity contribution in [3.8, 4) is 0 Å². The summed E-state index contributed by atoms with van der Waals surface area (Å²) in [6.07, 6.45) is 1.67. The van der Waals surface area contributed by atoms with Gasteiger partial charge in [0.25, 0.3) is 15.0 Å². The predicted octanol–water partition coefficient (Wildman–Crippen LogP) is 2.14. The zero-order valence-electron chi connectivity index (χ0n) is 10.7. The molecule has 0 radical (unpaired) electrons. The van der Waals surface area contributed by atoms with Gasteiger partial charge in [-0.15, -0.1) is 11.3 Å². The molecule has 5 nitrogen and oxygen atoms in total. The number of hydrogen-bond donors (Lipinski definition) is 1. The molecule has 0 aromatic carbocycles. The lowest BCUT2D eigenvalue weighted by Crippen LogP contribution is -2.23. The molecule has 1 aromatic rings. The Morgan fingerprint density at radius 2 is 2.16 bits per heavy atom. The highest BCUT2D eigenvalue weighted by molar-refractivity contribution is 8.13. The van der Waals surface area contributed by atoms with Crippen molar-refractivity contribution >= 4 is 37.0 Å². The van der Waals surface area contributed by atoms with Crippen LogP contribution in [0.4, 0.5) is 0 Å². The third kappa shape index (κ3) is 5.10. The zero-order valence-corrected chi connectivity index (χ0v) is 13.1. The number of carbonyl (C=O) groups is 1. The number of nitrogens with one attached hydrogen (secondary N) is 1. The molecule has 0 atom stereocenters. The maximum atomic E-state index is 11.8. The van der Waals surface area contributed by atoms with Crippen LogP contribution in [0.1, 0.15) is 27.4 Å². The van der Waals surface area contributed by atoms with Gasteiger partial charge in [-0.3, -0.25) is 4.79 Å². The Balaban J connectivity index is 2.59. The fourth-order valence-corrected chi connectivity index (χ4v) is 4.06. The summed E-state index contributed by atoms with van der Waals surface area (Å²) in [4.78, 5) is 12.7. The van der Waals surface area contributed by atoms with Gasteiger partial charge in [0.15, 0.2) is 0 Å². The van der Waals surface area contributed by atoms with E-state index in [1.165, 1.54) is 6.07 Å². The Kier molecular flexibility index (Phi) is 6.25. The third-order valence-electron chi connectivity index (χ3n) is 2.42. The third-order valence-corrected chi connectivity index (χ3v) is 5.05. The predicted molar refractivity (Wildman–Crippen MR) is 75.5 cm³/mol. The second-order valence-corrected chi connectivity index (χ2v) is 7.72. The van der Waals surface area contributed by atoms with Crippen molar-refractivity contribution in [1.82, 2.24) is 5.32 Å². The lowest BCUT2D eigenvalue weighted by molar-refractivity contribution is 0.0955. The van der Waals surface area contributed by atoms with Gasteiger partial charge in [-0.25, -0.2) is 8.42 Å². The average molecular weight is 326 g/mol. The number of unbranched alkanes of at least 4 members (excludes halogenated alkanes) is 1. The maximum absolute atomic E-state index is 11.8. The molecule has 1 aromatic heterocycles. The summed E-state index contributed by atoms with van der Waals surface area (Å²) in [5.74, 6) is -0.280. The SMILES string of the molecule is COCCCCNC(=O)c1cc(S(=O)(=O)Cl)c(C)s1. The Labute approximate surface area is 121 Å². The molecule has 0 fully saturated rings. The van der Waals surface area contributed by atoms with Crippen LogP contribution < -0.4 is 5.32 Å². The van der Waals surface area contributed by atoms with E-state index in [-0.39, 0.29) is 10.8 Å². The summed E-state index contributed by atoms with van der Waals surface area (Å²) < 4.78 is 27.4. The van der Waals surface area contributed by atoms with E-state index in [0.717, 1.165) is 24.2 Å². The normalized spacial score (nSPS) is 11.5. The lowest BCUT2D eigenvalue weighted by Gasteiger charge is -2.02. The van der Waals surface area contributed by atoms with E-state index in [1.54, 1.807) is 14.0 Å². The monoisotopic (exact) mass is 325 g/mol. The van der Waals surface area contributed by atoms with E-state index in [9.17, 15) is 13.2 Å². The summed E-state index contributed by atoms with van der Waals surface area (Å²) in [7, 11) is 3.11. The standard InChI is InChI=1S/C11H16ClNO4S2/c1-8-10(19(12,15)16)7-9(18-8)11(14)13-5-3-4-6-17-2/h7H,3-6H2,1-2H3,(H,13,14). The highest BCUT2D eigenvalue weighted by Gasteiger charge is 2.19. The molecule has 8 heteroatoms. The Hall–Kier alpha value is -0.630. The fraction of sp³-hybridized carbons (Fsp3) is 0.545. The number of amides is 1. The second-order valence-electron chi connectivity index (χ2n) is 3.92. The largest absolute Gasteiger partial charge is 0.385 e. The van der Waals surface area contributed by atoms with Crippen molar-refractivity contribution in [3.63, 3.8) is 0 Å². The number of aryl methyl sites for hydroxylation is 1. The van der Waals surface area contributed by atoms with Gasteiger partial charge in [0, 0.05) is 35.8 Å². The lowest BCUT2D eigenvalue weighted by atomic mass is 10.3. The van der Waals surface area contributed by atoms with Gasteiger partial charge in [0.05, 0.1) is 9.77 Å². The molecular weight excluding hydrogens is 310 g/mol. The van der Waals surface area contributed by atoms with E-state index in [0.29, 0.717) is 22.9 Å². The molecule has 1 heterocycles. The number of carbonyl (C=O) groups excluding carboxylic acids is 1. The van der Waals surface area contributed by atoms with Crippen LogP contribution in [0.5, 0.6) is 0 Å². The van der Waals surface area contributed by atoms with E-state index < -0.39 is 9.05 Å². The Morgan fingerprint density at radius 3 is 2.68 bits per heavy atom. The highest BCUT2D eigenvalue weighted by atomic mass is 35.7. The first-order valence-electron chi connectivity index (χ1n) is 5.68. The first-order valence-corrected chi connectivity index (χ1v) is 8.81. The molecule has 108 valence electrons. The number of halogens is 1. The zero-order chi connectivity index (χ0) is 14.5. The molecule has 1 rings (SSSR count). The van der Waals surface area contributed by atoms with E-state index in [1.807, 2.05) is 0 Å². The Bertz CT molecular complexity index is 539. The summed E-state index contributed by atoms with van der Waals surface area (Å²) in [6, 6.07) is 1.31. The van der Waals surface area contributed by atoms with Crippen LogP contribution in [0.2, 0.25) is 0 Å². The molecule has 1 amide bonds. The number of thiophene rings is 1. The van der Waals surface area contributed by atoms with E-state index >= 15 is 0 Å². The molecule has 0 saturated heterocycles. The number of rotatable bonds is 7. The molecule has 1 N–H and O–H groups in total. The smallest absolute Gasteiger partial charge is 0.262 e. The van der Waals surface area contributed by atoms with Crippen LogP contribution in [0.15, 0.2) is 11.0 Å². The van der Waals surface area contributed by atoms with Crippen molar-refractivity contribution < 1.29 is 17.9 Å². The number of methoxy groups -OCH3 is 1. The first-order chi connectivity index (χ1) is 8.86.